The van der Waals surface area contributed by atoms with Gasteiger partial charge in [0.1, 0.15) is 0 Å². The third kappa shape index (κ3) is 4.89. The molecule has 6 N–H and O–H groups in total. The van der Waals surface area contributed by atoms with E-state index in [1.807, 2.05) is 0 Å². The zero-order valence-electron chi connectivity index (χ0n) is 13.8. The summed E-state index contributed by atoms with van der Waals surface area (Å²) in [5, 5.41) is 0.618. The number of hydrogen-bond acceptors (Lipinski definition) is 4. The Kier molecular flexibility index (Phi) is 6.75. The second-order valence-corrected chi connectivity index (χ2v) is 10.8. The highest BCUT2D eigenvalue weighted by atomic mass is 31.2. The van der Waals surface area contributed by atoms with Crippen LogP contribution in [-0.4, -0.2) is 21.4 Å². The Bertz CT molecular complexity index is 705. The molecule has 0 fully saturated rings. The third-order valence-corrected chi connectivity index (χ3v) is 8.54. The molecule has 2 rings (SSSR count). The SMILES string of the molecule is N[C@H](CCC[C@@H](N)P(=O)(O)c1ccccc1)P(=O)(O)c1ccccc1. The van der Waals surface area contributed by atoms with E-state index in [1.165, 1.54) is 0 Å². The quantitative estimate of drug-likeness (QED) is 0.517. The zero-order chi connectivity index (χ0) is 18.5. The van der Waals surface area contributed by atoms with Gasteiger partial charge in [-0.05, 0) is 43.5 Å². The van der Waals surface area contributed by atoms with Crippen molar-refractivity contribution in [2.45, 2.75) is 30.8 Å². The van der Waals surface area contributed by atoms with Crippen LogP contribution in [-0.2, 0) is 9.13 Å². The molecule has 0 heterocycles. The first-order valence-corrected chi connectivity index (χ1v) is 11.5. The molecule has 0 aliphatic heterocycles. The fourth-order valence-electron chi connectivity index (χ4n) is 2.55. The van der Waals surface area contributed by atoms with E-state index in [1.54, 1.807) is 60.7 Å². The Balaban J connectivity index is 1.94. The molecule has 0 amide bonds. The molecule has 136 valence electrons. The van der Waals surface area contributed by atoms with E-state index in [9.17, 15) is 18.9 Å². The molecule has 2 aromatic rings. The molecule has 2 unspecified atom stereocenters. The van der Waals surface area contributed by atoms with E-state index in [0.717, 1.165) is 0 Å². The van der Waals surface area contributed by atoms with E-state index in [4.69, 9.17) is 11.5 Å². The van der Waals surface area contributed by atoms with Crippen molar-refractivity contribution in [3.8, 4) is 0 Å². The van der Waals surface area contributed by atoms with Crippen LogP contribution in [0.4, 0.5) is 0 Å². The van der Waals surface area contributed by atoms with Gasteiger partial charge in [0, 0.05) is 10.6 Å². The highest BCUT2D eigenvalue weighted by Gasteiger charge is 2.32. The lowest BCUT2D eigenvalue weighted by Gasteiger charge is -2.22. The smallest absolute Gasteiger partial charge is 0.245 e. The van der Waals surface area contributed by atoms with Crippen LogP contribution in [0.2, 0.25) is 0 Å². The molecule has 0 aliphatic carbocycles. The highest BCUT2D eigenvalue weighted by Crippen LogP contribution is 2.46. The van der Waals surface area contributed by atoms with Crippen LogP contribution in [0.15, 0.2) is 60.7 Å². The Morgan fingerprint density at radius 2 is 1.04 bits per heavy atom. The first-order chi connectivity index (χ1) is 11.8. The normalized spacial score (nSPS) is 18.7. The van der Waals surface area contributed by atoms with Gasteiger partial charge in [-0.15, -0.1) is 0 Å². The lowest BCUT2D eigenvalue weighted by Crippen LogP contribution is -2.28. The van der Waals surface area contributed by atoms with E-state index < -0.39 is 26.3 Å². The summed E-state index contributed by atoms with van der Waals surface area (Å²) in [6.07, 6.45) is 0.868. The Hall–Kier alpha value is -1.26. The second kappa shape index (κ2) is 8.41. The molecule has 0 saturated carbocycles. The molecule has 0 aliphatic rings. The molecule has 0 aromatic heterocycles. The van der Waals surface area contributed by atoms with Crippen molar-refractivity contribution < 1.29 is 18.9 Å². The summed E-state index contributed by atoms with van der Waals surface area (Å²) in [6, 6.07) is 16.5. The largest absolute Gasteiger partial charge is 0.340 e. The van der Waals surface area contributed by atoms with Gasteiger partial charge in [0.2, 0.25) is 14.7 Å². The Morgan fingerprint density at radius 1 is 0.720 bits per heavy atom. The van der Waals surface area contributed by atoms with E-state index in [2.05, 4.69) is 0 Å². The van der Waals surface area contributed by atoms with E-state index in [-0.39, 0.29) is 12.8 Å². The molecule has 25 heavy (non-hydrogen) atoms. The van der Waals surface area contributed by atoms with Gasteiger partial charge >= 0.3 is 0 Å². The number of hydrogen-bond donors (Lipinski definition) is 4. The van der Waals surface area contributed by atoms with Crippen LogP contribution in [0.1, 0.15) is 19.3 Å². The Morgan fingerprint density at radius 3 is 1.36 bits per heavy atom. The molecule has 4 atom stereocenters. The maximum absolute atomic E-state index is 12.5. The van der Waals surface area contributed by atoms with Crippen LogP contribution in [0.3, 0.4) is 0 Å². The van der Waals surface area contributed by atoms with Crippen LogP contribution in [0.5, 0.6) is 0 Å². The first kappa shape index (κ1) is 20.1. The predicted octanol–water partition coefficient (Wildman–Crippen LogP) is 1.92. The minimum Gasteiger partial charge on any atom is -0.340 e. The maximum Gasteiger partial charge on any atom is 0.245 e. The lowest BCUT2D eigenvalue weighted by molar-refractivity contribution is 0.457. The minimum atomic E-state index is -3.69. The molecule has 6 nitrogen and oxygen atoms in total. The number of benzene rings is 2. The van der Waals surface area contributed by atoms with Crippen LogP contribution < -0.4 is 22.1 Å². The number of nitrogens with two attached hydrogens (primary N) is 2. The standard InChI is InChI=1S/C17H24N2O4P2/c18-16(24(20,21)14-8-3-1-4-9-14)12-7-13-17(19)25(22,23)15-10-5-2-6-11-15/h1-6,8-11,16-17H,7,12-13,18-19H2,(H,20,21)(H,22,23)/t16-,17-/m0/s1. The minimum absolute atomic E-state index is 0.241. The van der Waals surface area contributed by atoms with E-state index in [0.29, 0.717) is 17.0 Å². The van der Waals surface area contributed by atoms with Crippen LogP contribution in [0.25, 0.3) is 0 Å². The molecule has 0 bridgehead atoms. The first-order valence-electron chi connectivity index (χ1n) is 8.03. The summed E-state index contributed by atoms with van der Waals surface area (Å²) in [5.74, 6) is -1.87. The molecular formula is C17H24N2O4P2. The predicted molar refractivity (Wildman–Crippen MR) is 102 cm³/mol. The van der Waals surface area contributed by atoms with Gasteiger partial charge < -0.3 is 21.3 Å². The maximum atomic E-state index is 12.5. The highest BCUT2D eigenvalue weighted by molar-refractivity contribution is 7.67. The fraction of sp³-hybridized carbons (Fsp3) is 0.294. The summed E-state index contributed by atoms with van der Waals surface area (Å²) in [4.78, 5) is 20.5. The molecule has 0 saturated heterocycles. The van der Waals surface area contributed by atoms with Gasteiger partial charge in [0.05, 0.1) is 11.6 Å². The average Bonchev–Trinajstić information content (AvgIpc) is 2.62. The van der Waals surface area contributed by atoms with Crippen molar-refractivity contribution in [3.05, 3.63) is 60.7 Å². The molecule has 8 heteroatoms. The van der Waals surface area contributed by atoms with E-state index >= 15 is 0 Å². The topological polar surface area (TPSA) is 127 Å². The summed E-state index contributed by atoms with van der Waals surface area (Å²) >= 11 is 0. The molecule has 0 spiro atoms. The van der Waals surface area contributed by atoms with Crippen molar-refractivity contribution in [2.24, 2.45) is 11.5 Å². The van der Waals surface area contributed by atoms with Gasteiger partial charge in [0.15, 0.2) is 0 Å². The third-order valence-electron chi connectivity index (χ3n) is 4.15. The van der Waals surface area contributed by atoms with Gasteiger partial charge in [0.25, 0.3) is 0 Å². The van der Waals surface area contributed by atoms with Crippen molar-refractivity contribution in [3.63, 3.8) is 0 Å². The van der Waals surface area contributed by atoms with Crippen LogP contribution in [0, 0.1) is 0 Å². The van der Waals surface area contributed by atoms with Crippen LogP contribution >= 0.6 is 14.7 Å². The van der Waals surface area contributed by atoms with Crippen molar-refractivity contribution in [1.82, 2.24) is 0 Å². The summed E-state index contributed by atoms with van der Waals surface area (Å²) in [6.45, 7) is 0. The Labute approximate surface area is 147 Å². The second-order valence-electron chi connectivity index (χ2n) is 5.98. The van der Waals surface area contributed by atoms with Gasteiger partial charge in [-0.25, -0.2) is 0 Å². The van der Waals surface area contributed by atoms with Crippen molar-refractivity contribution in [2.75, 3.05) is 0 Å². The fourth-order valence-corrected chi connectivity index (χ4v) is 5.58. The van der Waals surface area contributed by atoms with Gasteiger partial charge in [-0.2, -0.15) is 0 Å². The van der Waals surface area contributed by atoms with Gasteiger partial charge in [-0.3, -0.25) is 9.13 Å². The average molecular weight is 382 g/mol. The molecule has 0 radical (unpaired) electrons. The zero-order valence-corrected chi connectivity index (χ0v) is 15.6. The molecular weight excluding hydrogens is 358 g/mol. The van der Waals surface area contributed by atoms with Crippen molar-refractivity contribution in [1.29, 1.82) is 0 Å². The summed E-state index contributed by atoms with van der Waals surface area (Å²) < 4.78 is 25.0. The van der Waals surface area contributed by atoms with Gasteiger partial charge in [-0.1, -0.05) is 36.4 Å². The summed E-state index contributed by atoms with van der Waals surface area (Å²) in [7, 11) is -7.38. The molecule has 2 aromatic carbocycles. The van der Waals surface area contributed by atoms with Crippen molar-refractivity contribution >= 4 is 25.3 Å². The summed E-state index contributed by atoms with van der Waals surface area (Å²) in [5.41, 5.74) is 11.8. The number of rotatable bonds is 8. The lowest BCUT2D eigenvalue weighted by atomic mass is 10.2. The monoisotopic (exact) mass is 382 g/mol.